The van der Waals surface area contributed by atoms with E-state index in [1.807, 2.05) is 6.92 Å². The van der Waals surface area contributed by atoms with Gasteiger partial charge in [-0.15, -0.1) is 0 Å². The number of carbonyl (C=O) groups excluding carboxylic acids is 3. The van der Waals surface area contributed by atoms with Crippen molar-refractivity contribution < 1.29 is 23.9 Å². The van der Waals surface area contributed by atoms with Gasteiger partial charge in [0.2, 0.25) is 0 Å². The molecule has 5 nitrogen and oxygen atoms in total. The SMILES string of the molecule is C=C1CC(C(C)=O)=C(C)C[C@H]2CC(C(=O)OC)(C(=O)OC)C[C@@H]12. The second-order valence-electron chi connectivity index (χ2n) is 6.69. The van der Waals surface area contributed by atoms with E-state index in [4.69, 9.17) is 9.47 Å². The highest BCUT2D eigenvalue weighted by atomic mass is 16.5. The quantitative estimate of drug-likeness (QED) is 0.454. The van der Waals surface area contributed by atoms with Crippen LogP contribution in [-0.4, -0.2) is 31.9 Å². The Morgan fingerprint density at radius 1 is 1.13 bits per heavy atom. The molecule has 0 bridgehead atoms. The number of ether oxygens (including phenoxy) is 2. The van der Waals surface area contributed by atoms with Crippen LogP contribution in [0.15, 0.2) is 23.3 Å². The molecule has 126 valence electrons. The van der Waals surface area contributed by atoms with E-state index >= 15 is 0 Å². The highest BCUT2D eigenvalue weighted by Crippen LogP contribution is 2.54. The Hall–Kier alpha value is -1.91. The zero-order chi connectivity index (χ0) is 17.4. The van der Waals surface area contributed by atoms with Gasteiger partial charge in [0.25, 0.3) is 0 Å². The summed E-state index contributed by atoms with van der Waals surface area (Å²) in [4.78, 5) is 36.4. The summed E-state index contributed by atoms with van der Waals surface area (Å²) in [6.45, 7) is 7.65. The van der Waals surface area contributed by atoms with Crippen molar-refractivity contribution in [1.82, 2.24) is 0 Å². The van der Waals surface area contributed by atoms with Crippen molar-refractivity contribution in [3.63, 3.8) is 0 Å². The maximum atomic E-state index is 12.3. The molecule has 2 rings (SSSR count). The lowest BCUT2D eigenvalue weighted by molar-refractivity contribution is -0.169. The van der Waals surface area contributed by atoms with Gasteiger partial charge in [-0.1, -0.05) is 17.7 Å². The van der Waals surface area contributed by atoms with Gasteiger partial charge in [-0.3, -0.25) is 14.4 Å². The molecule has 0 aliphatic heterocycles. The minimum Gasteiger partial charge on any atom is -0.468 e. The van der Waals surface area contributed by atoms with Gasteiger partial charge in [0, 0.05) is 0 Å². The van der Waals surface area contributed by atoms with Crippen LogP contribution in [0.4, 0.5) is 0 Å². The van der Waals surface area contributed by atoms with Crippen LogP contribution in [0.1, 0.15) is 39.5 Å². The van der Waals surface area contributed by atoms with Gasteiger partial charge in [0.15, 0.2) is 11.2 Å². The number of fused-ring (bicyclic) bond motifs is 1. The van der Waals surface area contributed by atoms with E-state index in [2.05, 4.69) is 6.58 Å². The molecule has 0 amide bonds. The summed E-state index contributed by atoms with van der Waals surface area (Å²) < 4.78 is 9.77. The van der Waals surface area contributed by atoms with Gasteiger partial charge in [-0.25, -0.2) is 0 Å². The van der Waals surface area contributed by atoms with Crippen molar-refractivity contribution >= 4 is 17.7 Å². The Balaban J connectivity index is 2.40. The summed E-state index contributed by atoms with van der Waals surface area (Å²) in [5, 5.41) is 0. The summed E-state index contributed by atoms with van der Waals surface area (Å²) in [6.07, 6.45) is 1.92. The molecule has 0 unspecified atom stereocenters. The van der Waals surface area contributed by atoms with Crippen molar-refractivity contribution in [3.8, 4) is 0 Å². The molecule has 0 aromatic carbocycles. The van der Waals surface area contributed by atoms with Crippen LogP contribution in [0.2, 0.25) is 0 Å². The van der Waals surface area contributed by atoms with Crippen LogP contribution in [-0.2, 0) is 23.9 Å². The fourth-order valence-corrected chi connectivity index (χ4v) is 4.17. The standard InChI is InChI=1S/C18H24O5/c1-10-6-13-8-18(16(20)22-4,17(21)23-5)9-15(13)11(2)7-14(10)12(3)19/h13,15H,2,6-9H2,1,3-5H3/t13-,15-/m0/s1. The predicted octanol–water partition coefficient (Wildman–Crippen LogP) is 2.60. The molecule has 0 aromatic heterocycles. The van der Waals surface area contributed by atoms with Gasteiger partial charge in [0.05, 0.1) is 14.2 Å². The van der Waals surface area contributed by atoms with E-state index in [1.54, 1.807) is 6.92 Å². The van der Waals surface area contributed by atoms with Crippen molar-refractivity contribution in [2.75, 3.05) is 14.2 Å². The summed E-state index contributed by atoms with van der Waals surface area (Å²) in [5.74, 6) is -0.911. The lowest BCUT2D eigenvalue weighted by Gasteiger charge is -2.24. The average Bonchev–Trinajstić information content (AvgIpc) is 2.85. The maximum absolute atomic E-state index is 12.3. The zero-order valence-corrected chi connectivity index (χ0v) is 14.2. The third-order valence-corrected chi connectivity index (χ3v) is 5.34. The molecular formula is C18H24O5. The van der Waals surface area contributed by atoms with Crippen LogP contribution in [0.3, 0.4) is 0 Å². The number of allylic oxidation sites excluding steroid dienone is 3. The Morgan fingerprint density at radius 2 is 1.70 bits per heavy atom. The number of ketones is 1. The molecule has 0 saturated heterocycles. The first-order valence-electron chi connectivity index (χ1n) is 7.81. The van der Waals surface area contributed by atoms with Crippen LogP contribution >= 0.6 is 0 Å². The van der Waals surface area contributed by atoms with Crippen molar-refractivity contribution in [3.05, 3.63) is 23.3 Å². The highest BCUT2D eigenvalue weighted by molar-refractivity contribution is 6.00. The number of rotatable bonds is 3. The fourth-order valence-electron chi connectivity index (χ4n) is 4.17. The van der Waals surface area contributed by atoms with E-state index in [0.29, 0.717) is 25.7 Å². The fraction of sp³-hybridized carbons (Fsp3) is 0.611. The molecular weight excluding hydrogens is 296 g/mol. The summed E-state index contributed by atoms with van der Waals surface area (Å²) in [6, 6.07) is 0. The first-order valence-corrected chi connectivity index (χ1v) is 7.81. The van der Waals surface area contributed by atoms with Gasteiger partial charge >= 0.3 is 11.9 Å². The second kappa shape index (κ2) is 6.30. The number of hydrogen-bond donors (Lipinski definition) is 0. The largest absolute Gasteiger partial charge is 0.468 e. The Bertz CT molecular complexity index is 583. The smallest absolute Gasteiger partial charge is 0.323 e. The summed E-state index contributed by atoms with van der Waals surface area (Å²) in [7, 11) is 2.57. The molecule has 0 aromatic rings. The number of carbonyl (C=O) groups is 3. The number of hydrogen-bond acceptors (Lipinski definition) is 5. The van der Waals surface area contributed by atoms with E-state index in [1.165, 1.54) is 14.2 Å². The molecule has 0 radical (unpaired) electrons. The third-order valence-electron chi connectivity index (χ3n) is 5.34. The molecule has 2 aliphatic rings. The molecule has 1 fully saturated rings. The number of Topliss-reactive ketones (excluding diaryl/α,β-unsaturated/α-hetero) is 1. The van der Waals surface area contributed by atoms with E-state index in [-0.39, 0.29) is 17.6 Å². The normalized spacial score (nSPS) is 26.3. The molecule has 0 spiro atoms. The summed E-state index contributed by atoms with van der Waals surface area (Å²) >= 11 is 0. The van der Waals surface area contributed by atoms with Gasteiger partial charge < -0.3 is 9.47 Å². The topological polar surface area (TPSA) is 69.7 Å². The average molecular weight is 320 g/mol. The number of methoxy groups -OCH3 is 2. The van der Waals surface area contributed by atoms with Crippen LogP contribution in [0, 0.1) is 17.3 Å². The molecule has 2 aliphatic carbocycles. The van der Waals surface area contributed by atoms with Crippen LogP contribution in [0.25, 0.3) is 0 Å². The molecule has 1 saturated carbocycles. The van der Waals surface area contributed by atoms with E-state index in [0.717, 1.165) is 16.7 Å². The number of esters is 2. The van der Waals surface area contributed by atoms with Crippen molar-refractivity contribution in [1.29, 1.82) is 0 Å². The monoisotopic (exact) mass is 320 g/mol. The van der Waals surface area contributed by atoms with Crippen LogP contribution < -0.4 is 0 Å². The van der Waals surface area contributed by atoms with Gasteiger partial charge in [0.1, 0.15) is 0 Å². The third kappa shape index (κ3) is 2.84. The molecule has 0 heterocycles. The van der Waals surface area contributed by atoms with Gasteiger partial charge in [-0.05, 0) is 56.9 Å². The van der Waals surface area contributed by atoms with E-state index in [9.17, 15) is 14.4 Å². The predicted molar refractivity (Wildman–Crippen MR) is 84.4 cm³/mol. The first-order chi connectivity index (χ1) is 10.8. The lowest BCUT2D eigenvalue weighted by atomic mass is 9.83. The van der Waals surface area contributed by atoms with Crippen molar-refractivity contribution in [2.24, 2.45) is 17.3 Å². The first kappa shape index (κ1) is 17.4. The Morgan fingerprint density at radius 3 is 2.17 bits per heavy atom. The molecule has 23 heavy (non-hydrogen) atoms. The maximum Gasteiger partial charge on any atom is 0.323 e. The van der Waals surface area contributed by atoms with Crippen LogP contribution in [0.5, 0.6) is 0 Å². The van der Waals surface area contributed by atoms with Gasteiger partial charge in [-0.2, -0.15) is 0 Å². The zero-order valence-electron chi connectivity index (χ0n) is 14.2. The lowest BCUT2D eigenvalue weighted by Crippen LogP contribution is -2.39. The minimum atomic E-state index is -1.25. The minimum absolute atomic E-state index is 0.0139. The van der Waals surface area contributed by atoms with E-state index < -0.39 is 17.4 Å². The Kier molecular flexibility index (Phi) is 4.78. The molecule has 5 heteroatoms. The second-order valence-corrected chi connectivity index (χ2v) is 6.69. The molecule has 2 atom stereocenters. The summed E-state index contributed by atoms with van der Waals surface area (Å²) in [5.41, 5.74) is 1.49. The highest BCUT2D eigenvalue weighted by Gasteiger charge is 2.57. The van der Waals surface area contributed by atoms with Crippen molar-refractivity contribution in [2.45, 2.75) is 39.5 Å². The molecule has 0 N–H and O–H groups in total. The Labute approximate surface area is 136 Å².